The van der Waals surface area contributed by atoms with E-state index in [-0.39, 0.29) is 17.3 Å². The summed E-state index contributed by atoms with van der Waals surface area (Å²) in [6, 6.07) is 8.86. The second-order valence-electron chi connectivity index (χ2n) is 4.18. The van der Waals surface area contributed by atoms with Gasteiger partial charge in [0.1, 0.15) is 5.82 Å². The Balaban J connectivity index is 2.15. The van der Waals surface area contributed by atoms with Crippen molar-refractivity contribution in [3.63, 3.8) is 0 Å². The van der Waals surface area contributed by atoms with Gasteiger partial charge in [-0.2, -0.15) is 0 Å². The van der Waals surface area contributed by atoms with Crippen LogP contribution in [-0.4, -0.2) is 10.9 Å². The molecule has 0 saturated carbocycles. The average Bonchev–Trinajstić information content (AvgIpc) is 2.42. The second kappa shape index (κ2) is 5.48. The third kappa shape index (κ3) is 3.07. The normalized spacial score (nSPS) is 11.9. The number of carbonyl (C=O) groups excluding carboxylic acids is 1. The number of rotatable bonds is 3. The summed E-state index contributed by atoms with van der Waals surface area (Å²) < 4.78 is 13.1. The highest BCUT2D eigenvalue weighted by Gasteiger charge is 2.15. The van der Waals surface area contributed by atoms with Crippen molar-refractivity contribution >= 4 is 11.6 Å². The number of anilines is 1. The van der Waals surface area contributed by atoms with E-state index in [4.69, 9.17) is 5.73 Å². The maximum atomic E-state index is 13.1. The van der Waals surface area contributed by atoms with Crippen molar-refractivity contribution in [2.45, 2.75) is 13.0 Å². The highest BCUT2D eigenvalue weighted by Crippen LogP contribution is 2.15. The predicted octanol–water partition coefficient (Wildman–Crippen LogP) is 2.29. The van der Waals surface area contributed by atoms with Crippen LogP contribution in [0.5, 0.6) is 0 Å². The van der Waals surface area contributed by atoms with Gasteiger partial charge in [-0.25, -0.2) is 4.39 Å². The molecular weight excluding hydrogens is 245 g/mol. The van der Waals surface area contributed by atoms with Crippen molar-refractivity contribution in [2.75, 3.05) is 5.73 Å². The van der Waals surface area contributed by atoms with E-state index in [9.17, 15) is 9.18 Å². The molecular formula is C14H14FN3O. The molecule has 0 fully saturated rings. The molecule has 1 amide bonds. The van der Waals surface area contributed by atoms with Gasteiger partial charge in [-0.15, -0.1) is 0 Å². The lowest BCUT2D eigenvalue weighted by Crippen LogP contribution is -2.28. The van der Waals surface area contributed by atoms with Crippen LogP contribution >= 0.6 is 0 Å². The molecule has 0 spiro atoms. The van der Waals surface area contributed by atoms with Gasteiger partial charge < -0.3 is 11.1 Å². The Labute approximate surface area is 110 Å². The number of nitrogens with zero attached hydrogens (tertiary/aromatic N) is 1. The first-order valence-corrected chi connectivity index (χ1v) is 5.84. The van der Waals surface area contributed by atoms with Crippen molar-refractivity contribution in [1.82, 2.24) is 10.3 Å². The van der Waals surface area contributed by atoms with E-state index >= 15 is 0 Å². The quantitative estimate of drug-likeness (QED) is 0.831. The minimum atomic E-state index is -0.496. The molecule has 0 bridgehead atoms. The number of nitrogens with two attached hydrogens (primary N) is 1. The fraction of sp³-hybridized carbons (Fsp3) is 0.143. The van der Waals surface area contributed by atoms with Gasteiger partial charge in [-0.05, 0) is 37.3 Å². The van der Waals surface area contributed by atoms with E-state index in [1.165, 1.54) is 12.1 Å². The number of nitrogens with one attached hydrogen (secondary N) is 1. The van der Waals surface area contributed by atoms with E-state index < -0.39 is 11.7 Å². The third-order valence-corrected chi connectivity index (χ3v) is 2.74. The van der Waals surface area contributed by atoms with Crippen LogP contribution in [-0.2, 0) is 0 Å². The number of nitrogen functional groups attached to an aromatic ring is 1. The maximum absolute atomic E-state index is 13.1. The molecule has 0 aliphatic rings. The van der Waals surface area contributed by atoms with E-state index in [0.717, 1.165) is 11.8 Å². The molecule has 98 valence electrons. The number of pyridine rings is 1. The van der Waals surface area contributed by atoms with Crippen LogP contribution in [0.2, 0.25) is 0 Å². The van der Waals surface area contributed by atoms with E-state index in [1.54, 1.807) is 25.3 Å². The van der Waals surface area contributed by atoms with Crippen LogP contribution in [0, 0.1) is 5.82 Å². The van der Waals surface area contributed by atoms with E-state index in [1.807, 2.05) is 6.07 Å². The first-order chi connectivity index (χ1) is 9.08. The molecule has 0 aliphatic heterocycles. The standard InChI is InChI=1S/C14H14FN3O/c1-9(13-4-2-3-7-17-13)18-14(19)11-8-10(15)5-6-12(11)16/h2-9H,16H2,1H3,(H,18,19). The number of aromatic nitrogens is 1. The first kappa shape index (κ1) is 13.0. The van der Waals surface area contributed by atoms with Gasteiger partial charge in [-0.1, -0.05) is 6.07 Å². The second-order valence-corrected chi connectivity index (χ2v) is 4.18. The molecule has 0 aliphatic carbocycles. The Hall–Kier alpha value is -2.43. The van der Waals surface area contributed by atoms with Crippen LogP contribution in [0.15, 0.2) is 42.6 Å². The molecule has 5 heteroatoms. The summed E-state index contributed by atoms with van der Waals surface area (Å²) in [5.74, 6) is -0.917. The fourth-order valence-corrected chi connectivity index (χ4v) is 1.71. The Morgan fingerprint density at radius 3 is 2.84 bits per heavy atom. The van der Waals surface area contributed by atoms with Crippen molar-refractivity contribution < 1.29 is 9.18 Å². The lowest BCUT2D eigenvalue weighted by molar-refractivity contribution is 0.0939. The molecule has 2 aromatic rings. The van der Waals surface area contributed by atoms with E-state index in [0.29, 0.717) is 0 Å². The lowest BCUT2D eigenvalue weighted by Gasteiger charge is -2.14. The van der Waals surface area contributed by atoms with Crippen molar-refractivity contribution in [2.24, 2.45) is 0 Å². The van der Waals surface area contributed by atoms with Gasteiger partial charge in [0.25, 0.3) is 5.91 Å². The lowest BCUT2D eigenvalue weighted by atomic mass is 10.1. The minimum absolute atomic E-state index is 0.128. The maximum Gasteiger partial charge on any atom is 0.254 e. The molecule has 1 aromatic carbocycles. The Kier molecular flexibility index (Phi) is 3.75. The number of carbonyl (C=O) groups is 1. The highest BCUT2D eigenvalue weighted by atomic mass is 19.1. The topological polar surface area (TPSA) is 68.0 Å². The molecule has 1 heterocycles. The molecule has 1 unspecified atom stereocenters. The smallest absolute Gasteiger partial charge is 0.254 e. The zero-order chi connectivity index (χ0) is 13.8. The van der Waals surface area contributed by atoms with Crippen LogP contribution in [0.3, 0.4) is 0 Å². The summed E-state index contributed by atoms with van der Waals surface area (Å²) >= 11 is 0. The summed E-state index contributed by atoms with van der Waals surface area (Å²) in [6.45, 7) is 1.80. The highest BCUT2D eigenvalue weighted by molar-refractivity contribution is 5.99. The van der Waals surface area contributed by atoms with E-state index in [2.05, 4.69) is 10.3 Å². The van der Waals surface area contributed by atoms with Crippen molar-refractivity contribution in [1.29, 1.82) is 0 Å². The molecule has 1 atom stereocenters. The Bertz CT molecular complexity index is 586. The number of hydrogen-bond acceptors (Lipinski definition) is 3. The largest absolute Gasteiger partial charge is 0.398 e. The molecule has 0 radical (unpaired) electrons. The monoisotopic (exact) mass is 259 g/mol. The molecule has 4 nitrogen and oxygen atoms in total. The Morgan fingerprint density at radius 1 is 1.37 bits per heavy atom. The van der Waals surface area contributed by atoms with Gasteiger partial charge >= 0.3 is 0 Å². The summed E-state index contributed by atoms with van der Waals surface area (Å²) in [5, 5.41) is 2.73. The molecule has 19 heavy (non-hydrogen) atoms. The summed E-state index contributed by atoms with van der Waals surface area (Å²) in [5.41, 5.74) is 6.76. The zero-order valence-corrected chi connectivity index (χ0v) is 10.4. The first-order valence-electron chi connectivity index (χ1n) is 5.84. The third-order valence-electron chi connectivity index (χ3n) is 2.74. The molecule has 0 saturated heterocycles. The minimum Gasteiger partial charge on any atom is -0.398 e. The summed E-state index contributed by atoms with van der Waals surface area (Å²) in [6.07, 6.45) is 1.65. The number of amides is 1. The number of hydrogen-bond donors (Lipinski definition) is 2. The van der Waals surface area contributed by atoms with Gasteiger partial charge in [0.05, 0.1) is 17.3 Å². The van der Waals surface area contributed by atoms with Gasteiger partial charge in [0, 0.05) is 11.9 Å². The predicted molar refractivity (Wildman–Crippen MR) is 70.9 cm³/mol. The van der Waals surface area contributed by atoms with Crippen LogP contribution in [0.1, 0.15) is 29.0 Å². The zero-order valence-electron chi connectivity index (χ0n) is 10.4. The van der Waals surface area contributed by atoms with Gasteiger partial charge in [0.2, 0.25) is 0 Å². The summed E-state index contributed by atoms with van der Waals surface area (Å²) in [4.78, 5) is 16.2. The van der Waals surface area contributed by atoms with Crippen LogP contribution < -0.4 is 11.1 Å². The Morgan fingerprint density at radius 2 is 2.16 bits per heavy atom. The van der Waals surface area contributed by atoms with Gasteiger partial charge in [-0.3, -0.25) is 9.78 Å². The summed E-state index contributed by atoms with van der Waals surface area (Å²) in [7, 11) is 0. The number of halogens is 1. The SMILES string of the molecule is CC(NC(=O)c1cc(F)ccc1N)c1ccccn1. The number of benzene rings is 1. The molecule has 3 N–H and O–H groups in total. The van der Waals surface area contributed by atoms with Crippen LogP contribution in [0.25, 0.3) is 0 Å². The van der Waals surface area contributed by atoms with Crippen LogP contribution in [0.4, 0.5) is 10.1 Å². The average molecular weight is 259 g/mol. The molecule has 2 rings (SSSR count). The van der Waals surface area contributed by atoms with Crippen molar-refractivity contribution in [3.8, 4) is 0 Å². The fourth-order valence-electron chi connectivity index (χ4n) is 1.71. The van der Waals surface area contributed by atoms with Crippen molar-refractivity contribution in [3.05, 3.63) is 59.7 Å². The molecule has 1 aromatic heterocycles. The van der Waals surface area contributed by atoms with Gasteiger partial charge in [0.15, 0.2) is 0 Å².